The lowest BCUT2D eigenvalue weighted by molar-refractivity contribution is 0.598. The number of hydrogen-bond acceptors (Lipinski definition) is 3. The molecule has 1 N–H and O–H groups in total. The maximum Gasteiger partial charge on any atom is 0.179 e. The van der Waals surface area contributed by atoms with Gasteiger partial charge in [0.2, 0.25) is 0 Å². The van der Waals surface area contributed by atoms with Crippen molar-refractivity contribution in [2.75, 3.05) is 12.8 Å². The van der Waals surface area contributed by atoms with Crippen LogP contribution in [0, 0.1) is 0 Å². The van der Waals surface area contributed by atoms with Crippen molar-refractivity contribution in [2.24, 2.45) is 0 Å². The summed E-state index contributed by atoms with van der Waals surface area (Å²) >= 11 is 0. The number of rotatable bonds is 2. The van der Waals surface area contributed by atoms with Gasteiger partial charge in [-0.05, 0) is 37.1 Å². The van der Waals surface area contributed by atoms with Crippen LogP contribution in [0.2, 0.25) is 0 Å². The maximum atomic E-state index is 11.9. The fraction of sp³-hybridized carbons (Fsp3) is 0.500. The van der Waals surface area contributed by atoms with E-state index in [1.165, 1.54) is 0 Å². The number of hydrogen-bond donors (Lipinski definition) is 1. The Morgan fingerprint density at radius 2 is 2.12 bits per heavy atom. The average molecular weight is 239 g/mol. The van der Waals surface area contributed by atoms with Gasteiger partial charge in [-0.15, -0.1) is 0 Å². The van der Waals surface area contributed by atoms with E-state index in [0.29, 0.717) is 4.90 Å². The van der Waals surface area contributed by atoms with Gasteiger partial charge < -0.3 is 5.32 Å². The second-order valence-corrected chi connectivity index (χ2v) is 6.45. The summed E-state index contributed by atoms with van der Waals surface area (Å²) in [5.41, 5.74) is 2.11. The zero-order valence-electron chi connectivity index (χ0n) is 9.82. The normalized spacial score (nSPS) is 24.1. The summed E-state index contributed by atoms with van der Waals surface area (Å²) in [6.07, 6.45) is 0. The molecule has 1 aliphatic rings. The third-order valence-corrected chi connectivity index (χ3v) is 5.26. The minimum atomic E-state index is -3.05. The minimum Gasteiger partial charge on any atom is -0.313 e. The predicted octanol–water partition coefficient (Wildman–Crippen LogP) is 1.86. The largest absolute Gasteiger partial charge is 0.313 e. The molecule has 0 aromatic heterocycles. The molecule has 0 aliphatic carbocycles. The highest BCUT2D eigenvalue weighted by Gasteiger charge is 2.34. The second kappa shape index (κ2) is 3.86. The summed E-state index contributed by atoms with van der Waals surface area (Å²) in [5.74, 6) is 0.350. The molecule has 0 radical (unpaired) electrons. The van der Waals surface area contributed by atoms with Gasteiger partial charge in [-0.2, -0.15) is 0 Å². The van der Waals surface area contributed by atoms with Crippen molar-refractivity contribution >= 4 is 9.84 Å². The number of sulfone groups is 1. The first-order valence-electron chi connectivity index (χ1n) is 5.50. The monoisotopic (exact) mass is 239 g/mol. The minimum absolute atomic E-state index is 0.104. The van der Waals surface area contributed by atoms with Gasteiger partial charge in [0, 0.05) is 6.04 Å². The molecular formula is C12H17NO2S. The molecule has 3 nitrogen and oxygen atoms in total. The van der Waals surface area contributed by atoms with Gasteiger partial charge >= 0.3 is 0 Å². The van der Waals surface area contributed by atoms with Crippen LogP contribution < -0.4 is 5.32 Å². The van der Waals surface area contributed by atoms with Crippen molar-refractivity contribution in [3.05, 3.63) is 29.3 Å². The Labute approximate surface area is 96.8 Å². The highest BCUT2D eigenvalue weighted by atomic mass is 32.2. The molecule has 4 heteroatoms. The summed E-state index contributed by atoms with van der Waals surface area (Å²) in [7, 11) is -1.16. The first kappa shape index (κ1) is 11.6. The van der Waals surface area contributed by atoms with E-state index in [0.717, 1.165) is 11.1 Å². The summed E-state index contributed by atoms with van der Waals surface area (Å²) in [5, 5.41) is 3.16. The van der Waals surface area contributed by atoms with E-state index in [1.807, 2.05) is 33.0 Å². The third kappa shape index (κ3) is 1.66. The number of fused-ring (bicyclic) bond motifs is 1. The quantitative estimate of drug-likeness (QED) is 0.857. The maximum absolute atomic E-state index is 11.9. The topological polar surface area (TPSA) is 46.2 Å². The van der Waals surface area contributed by atoms with Gasteiger partial charge in [0.1, 0.15) is 0 Å². The second-order valence-electron chi connectivity index (χ2n) is 4.45. The Morgan fingerprint density at radius 3 is 2.75 bits per heavy atom. The fourth-order valence-electron chi connectivity index (χ4n) is 2.39. The van der Waals surface area contributed by atoms with Crippen molar-refractivity contribution in [1.82, 2.24) is 5.32 Å². The lowest BCUT2D eigenvalue weighted by Gasteiger charge is -2.16. The molecule has 2 unspecified atom stereocenters. The SMILES string of the molecule is CNC(C)c1cccc2c1C(C)CS2(=O)=O. The van der Waals surface area contributed by atoms with E-state index in [-0.39, 0.29) is 17.7 Å². The van der Waals surface area contributed by atoms with Gasteiger partial charge in [-0.25, -0.2) is 8.42 Å². The van der Waals surface area contributed by atoms with Crippen molar-refractivity contribution in [2.45, 2.75) is 30.7 Å². The van der Waals surface area contributed by atoms with Crippen LogP contribution in [-0.4, -0.2) is 21.2 Å². The molecule has 0 saturated carbocycles. The van der Waals surface area contributed by atoms with Gasteiger partial charge in [-0.1, -0.05) is 19.1 Å². The van der Waals surface area contributed by atoms with E-state index >= 15 is 0 Å². The molecule has 2 atom stereocenters. The highest BCUT2D eigenvalue weighted by Crippen LogP contribution is 2.38. The van der Waals surface area contributed by atoms with E-state index in [2.05, 4.69) is 5.32 Å². The van der Waals surface area contributed by atoms with E-state index in [4.69, 9.17) is 0 Å². The molecule has 2 rings (SSSR count). The van der Waals surface area contributed by atoms with Crippen molar-refractivity contribution < 1.29 is 8.42 Å². The average Bonchev–Trinajstić information content (AvgIpc) is 2.48. The van der Waals surface area contributed by atoms with E-state index < -0.39 is 9.84 Å². The molecule has 0 bridgehead atoms. The lowest BCUT2D eigenvalue weighted by atomic mass is 9.93. The van der Waals surface area contributed by atoms with Crippen LogP contribution in [0.5, 0.6) is 0 Å². The predicted molar refractivity (Wildman–Crippen MR) is 64.4 cm³/mol. The molecule has 1 heterocycles. The zero-order valence-corrected chi connectivity index (χ0v) is 10.6. The standard InChI is InChI=1S/C12H17NO2S/c1-8-7-16(14,15)11-6-4-5-10(12(8)11)9(2)13-3/h4-6,8-9,13H,7H2,1-3H3. The molecule has 88 valence electrons. The van der Waals surface area contributed by atoms with Crippen molar-refractivity contribution in [3.63, 3.8) is 0 Å². The molecular weight excluding hydrogens is 222 g/mol. The molecule has 1 aromatic rings. The summed E-state index contributed by atoms with van der Waals surface area (Å²) in [6.45, 7) is 4.03. The van der Waals surface area contributed by atoms with Crippen molar-refractivity contribution in [1.29, 1.82) is 0 Å². The Hall–Kier alpha value is -0.870. The summed E-state index contributed by atoms with van der Waals surface area (Å²) in [6, 6.07) is 5.75. The van der Waals surface area contributed by atoms with Crippen LogP contribution >= 0.6 is 0 Å². The zero-order chi connectivity index (χ0) is 11.9. The molecule has 1 aliphatic heterocycles. The van der Waals surface area contributed by atoms with Gasteiger partial charge in [0.25, 0.3) is 0 Å². The summed E-state index contributed by atoms with van der Waals surface area (Å²) in [4.78, 5) is 0.527. The van der Waals surface area contributed by atoms with E-state index in [9.17, 15) is 8.42 Å². The van der Waals surface area contributed by atoms with Gasteiger partial charge in [0.05, 0.1) is 10.6 Å². The van der Waals surface area contributed by atoms with Gasteiger partial charge in [-0.3, -0.25) is 0 Å². The Kier molecular flexibility index (Phi) is 2.80. The van der Waals surface area contributed by atoms with Crippen LogP contribution in [0.3, 0.4) is 0 Å². The number of benzene rings is 1. The molecule has 0 fully saturated rings. The highest BCUT2D eigenvalue weighted by molar-refractivity contribution is 7.91. The molecule has 16 heavy (non-hydrogen) atoms. The summed E-state index contributed by atoms with van der Waals surface area (Å²) < 4.78 is 23.8. The molecule has 0 spiro atoms. The van der Waals surface area contributed by atoms with Crippen LogP contribution in [0.15, 0.2) is 23.1 Å². The Morgan fingerprint density at radius 1 is 1.44 bits per heavy atom. The van der Waals surface area contributed by atoms with Crippen LogP contribution in [0.4, 0.5) is 0 Å². The third-order valence-electron chi connectivity index (χ3n) is 3.30. The molecule has 0 amide bonds. The fourth-order valence-corrected chi connectivity index (χ4v) is 4.34. The Balaban J connectivity index is 2.66. The van der Waals surface area contributed by atoms with Crippen LogP contribution in [0.25, 0.3) is 0 Å². The lowest BCUT2D eigenvalue weighted by Crippen LogP contribution is -2.14. The van der Waals surface area contributed by atoms with E-state index in [1.54, 1.807) is 6.07 Å². The smallest absolute Gasteiger partial charge is 0.179 e. The van der Waals surface area contributed by atoms with Gasteiger partial charge in [0.15, 0.2) is 9.84 Å². The van der Waals surface area contributed by atoms with Crippen LogP contribution in [0.1, 0.15) is 36.9 Å². The molecule has 1 aromatic carbocycles. The first-order chi connectivity index (χ1) is 7.47. The van der Waals surface area contributed by atoms with Crippen LogP contribution in [-0.2, 0) is 9.84 Å². The Bertz CT molecular complexity index is 508. The van der Waals surface area contributed by atoms with Crippen molar-refractivity contribution in [3.8, 4) is 0 Å². The first-order valence-corrected chi connectivity index (χ1v) is 7.15. The molecule has 0 saturated heterocycles. The number of nitrogens with one attached hydrogen (secondary N) is 1.